The van der Waals surface area contributed by atoms with Crippen LogP contribution in [0.2, 0.25) is 0 Å². The fourth-order valence-corrected chi connectivity index (χ4v) is 1.75. The summed E-state index contributed by atoms with van der Waals surface area (Å²) in [5.41, 5.74) is 0.890. The predicted octanol–water partition coefficient (Wildman–Crippen LogP) is 2.25. The summed E-state index contributed by atoms with van der Waals surface area (Å²) in [4.78, 5) is 11.9. The molecule has 2 aromatic rings. The summed E-state index contributed by atoms with van der Waals surface area (Å²) in [6.07, 6.45) is 0. The van der Waals surface area contributed by atoms with Gasteiger partial charge in [-0.3, -0.25) is 0 Å². The molecule has 0 spiro atoms. The van der Waals surface area contributed by atoms with Crippen LogP contribution in [0, 0.1) is 6.92 Å². The van der Waals surface area contributed by atoms with Gasteiger partial charge < -0.3 is 19.0 Å². The van der Waals surface area contributed by atoms with Crippen molar-refractivity contribution in [1.29, 1.82) is 0 Å². The van der Waals surface area contributed by atoms with Crippen molar-refractivity contribution in [3.8, 4) is 5.75 Å². The lowest BCUT2D eigenvalue weighted by Crippen LogP contribution is -2.10. The minimum Gasteiger partial charge on any atom is -0.508 e. The monoisotopic (exact) mass is 250 g/mol. The molecule has 1 aromatic carbocycles. The minimum absolute atomic E-state index is 0.0780. The van der Waals surface area contributed by atoms with Gasteiger partial charge in [-0.25, -0.2) is 4.79 Å². The first-order chi connectivity index (χ1) is 8.63. The van der Waals surface area contributed by atoms with Crippen molar-refractivity contribution in [2.24, 2.45) is 0 Å². The molecule has 0 atom stereocenters. The van der Waals surface area contributed by atoms with E-state index in [-0.39, 0.29) is 12.4 Å². The molecule has 1 heterocycles. The summed E-state index contributed by atoms with van der Waals surface area (Å²) in [6.45, 7) is 2.20. The van der Waals surface area contributed by atoms with E-state index in [9.17, 15) is 9.90 Å². The van der Waals surface area contributed by atoms with Gasteiger partial charge in [0.05, 0.1) is 6.61 Å². The Labute approximate surface area is 104 Å². The van der Waals surface area contributed by atoms with Gasteiger partial charge in [0.1, 0.15) is 29.3 Å². The second kappa shape index (κ2) is 5.10. The van der Waals surface area contributed by atoms with Gasteiger partial charge in [-0.05, 0) is 25.1 Å². The van der Waals surface area contributed by atoms with Crippen LogP contribution in [0.25, 0.3) is 11.0 Å². The highest BCUT2D eigenvalue weighted by Gasteiger charge is 2.19. The second-order valence-electron chi connectivity index (χ2n) is 3.84. The van der Waals surface area contributed by atoms with Gasteiger partial charge in [-0.15, -0.1) is 0 Å². The van der Waals surface area contributed by atoms with Crippen LogP contribution in [-0.2, 0) is 9.47 Å². The molecule has 18 heavy (non-hydrogen) atoms. The molecular weight excluding hydrogens is 236 g/mol. The normalized spacial score (nSPS) is 10.8. The lowest BCUT2D eigenvalue weighted by molar-refractivity contribution is 0.0388. The molecular formula is C13H14O5. The van der Waals surface area contributed by atoms with Crippen LogP contribution < -0.4 is 0 Å². The molecule has 0 unspecified atom stereocenters. The zero-order valence-corrected chi connectivity index (χ0v) is 10.2. The van der Waals surface area contributed by atoms with Crippen LogP contribution in [0.5, 0.6) is 5.75 Å². The number of carbonyl (C=O) groups is 1. The Morgan fingerprint density at radius 1 is 1.39 bits per heavy atom. The van der Waals surface area contributed by atoms with E-state index in [1.165, 1.54) is 19.2 Å². The summed E-state index contributed by atoms with van der Waals surface area (Å²) >= 11 is 0. The summed E-state index contributed by atoms with van der Waals surface area (Å²) in [6, 6.07) is 4.60. The van der Waals surface area contributed by atoms with E-state index in [4.69, 9.17) is 13.9 Å². The van der Waals surface area contributed by atoms with Crippen molar-refractivity contribution in [2.45, 2.75) is 6.92 Å². The Kier molecular flexibility index (Phi) is 3.53. The molecule has 0 radical (unpaired) electrons. The number of benzene rings is 1. The van der Waals surface area contributed by atoms with Gasteiger partial charge in [-0.2, -0.15) is 0 Å². The molecule has 0 aliphatic rings. The molecule has 0 saturated heterocycles. The Hall–Kier alpha value is -2.01. The first-order valence-electron chi connectivity index (χ1n) is 5.51. The fourth-order valence-electron chi connectivity index (χ4n) is 1.75. The summed E-state index contributed by atoms with van der Waals surface area (Å²) < 4.78 is 15.3. The van der Waals surface area contributed by atoms with Gasteiger partial charge in [0.25, 0.3) is 0 Å². The number of furan rings is 1. The van der Waals surface area contributed by atoms with Crippen molar-refractivity contribution in [1.82, 2.24) is 0 Å². The third kappa shape index (κ3) is 2.31. The molecule has 0 amide bonds. The largest absolute Gasteiger partial charge is 0.508 e. The summed E-state index contributed by atoms with van der Waals surface area (Å²) in [7, 11) is 1.53. The third-order valence-corrected chi connectivity index (χ3v) is 2.57. The molecule has 96 valence electrons. The lowest BCUT2D eigenvalue weighted by Gasteiger charge is -2.03. The molecule has 1 aromatic heterocycles. The first kappa shape index (κ1) is 12.4. The van der Waals surface area contributed by atoms with Crippen molar-refractivity contribution in [3.05, 3.63) is 29.5 Å². The SMILES string of the molecule is COCCOC(=O)c1c(C)oc2ccc(O)cc12. The van der Waals surface area contributed by atoms with Gasteiger partial charge in [-0.1, -0.05) is 0 Å². The molecule has 5 nitrogen and oxygen atoms in total. The highest BCUT2D eigenvalue weighted by Crippen LogP contribution is 2.29. The average Bonchev–Trinajstić information content (AvgIpc) is 2.64. The number of phenolic OH excluding ortho intramolecular Hbond substituents is 1. The zero-order valence-electron chi connectivity index (χ0n) is 10.2. The standard InChI is InChI=1S/C13H14O5/c1-8-12(13(15)17-6-5-16-2)10-7-9(14)3-4-11(10)18-8/h3-4,7,14H,5-6H2,1-2H3. The van der Waals surface area contributed by atoms with Gasteiger partial charge in [0.15, 0.2) is 0 Å². The number of aryl methyl sites for hydroxylation is 1. The third-order valence-electron chi connectivity index (χ3n) is 2.57. The predicted molar refractivity (Wildman–Crippen MR) is 64.8 cm³/mol. The smallest absolute Gasteiger partial charge is 0.342 e. The van der Waals surface area contributed by atoms with Crippen LogP contribution in [0.15, 0.2) is 22.6 Å². The van der Waals surface area contributed by atoms with E-state index in [0.717, 1.165) is 0 Å². The zero-order chi connectivity index (χ0) is 13.1. The van der Waals surface area contributed by atoms with E-state index in [1.807, 2.05) is 0 Å². The maximum absolute atomic E-state index is 11.9. The fraction of sp³-hybridized carbons (Fsp3) is 0.308. The lowest BCUT2D eigenvalue weighted by atomic mass is 10.1. The van der Waals surface area contributed by atoms with Crippen LogP contribution in [0.4, 0.5) is 0 Å². The average molecular weight is 250 g/mol. The summed E-state index contributed by atoms with van der Waals surface area (Å²) in [5, 5.41) is 10.00. The number of carbonyl (C=O) groups excluding carboxylic acids is 1. The van der Waals surface area contributed by atoms with Gasteiger partial charge >= 0.3 is 5.97 Å². The molecule has 1 N–H and O–H groups in total. The molecule has 5 heteroatoms. The number of fused-ring (bicyclic) bond motifs is 1. The molecule has 0 aliphatic heterocycles. The van der Waals surface area contributed by atoms with E-state index in [1.54, 1.807) is 13.0 Å². The number of methoxy groups -OCH3 is 1. The molecule has 0 saturated carbocycles. The maximum atomic E-state index is 11.9. The number of phenols is 1. The minimum atomic E-state index is -0.478. The van der Waals surface area contributed by atoms with E-state index >= 15 is 0 Å². The molecule has 0 aliphatic carbocycles. The molecule has 2 rings (SSSR count). The van der Waals surface area contributed by atoms with E-state index < -0.39 is 5.97 Å². The number of hydrogen-bond acceptors (Lipinski definition) is 5. The van der Waals surface area contributed by atoms with Crippen molar-refractivity contribution in [3.63, 3.8) is 0 Å². The topological polar surface area (TPSA) is 68.9 Å². The highest BCUT2D eigenvalue weighted by atomic mass is 16.6. The maximum Gasteiger partial charge on any atom is 0.342 e. The van der Waals surface area contributed by atoms with Crippen molar-refractivity contribution >= 4 is 16.9 Å². The Morgan fingerprint density at radius 3 is 2.89 bits per heavy atom. The molecule has 0 fully saturated rings. The number of hydrogen-bond donors (Lipinski definition) is 1. The molecule has 0 bridgehead atoms. The van der Waals surface area contributed by atoms with Gasteiger partial charge in [0, 0.05) is 12.5 Å². The highest BCUT2D eigenvalue weighted by molar-refractivity contribution is 6.04. The van der Waals surface area contributed by atoms with Crippen LogP contribution in [-0.4, -0.2) is 31.4 Å². The first-order valence-corrected chi connectivity index (χ1v) is 5.51. The van der Waals surface area contributed by atoms with Gasteiger partial charge in [0.2, 0.25) is 0 Å². The quantitative estimate of drug-likeness (QED) is 0.665. The van der Waals surface area contributed by atoms with E-state index in [2.05, 4.69) is 0 Å². The van der Waals surface area contributed by atoms with Crippen molar-refractivity contribution < 1.29 is 23.8 Å². The number of esters is 1. The Morgan fingerprint density at radius 2 is 2.17 bits per heavy atom. The number of rotatable bonds is 4. The van der Waals surface area contributed by atoms with Crippen LogP contribution >= 0.6 is 0 Å². The van der Waals surface area contributed by atoms with Crippen molar-refractivity contribution in [2.75, 3.05) is 20.3 Å². The van der Waals surface area contributed by atoms with Crippen LogP contribution in [0.1, 0.15) is 16.1 Å². The Balaban J connectivity index is 2.34. The van der Waals surface area contributed by atoms with Crippen LogP contribution in [0.3, 0.4) is 0 Å². The second-order valence-corrected chi connectivity index (χ2v) is 3.84. The van der Waals surface area contributed by atoms with E-state index in [0.29, 0.717) is 28.9 Å². The number of aromatic hydroxyl groups is 1. The number of ether oxygens (including phenoxy) is 2. The Bertz CT molecular complexity index is 570. The summed E-state index contributed by atoms with van der Waals surface area (Å²) in [5.74, 6) is 0.0705.